The zero-order chi connectivity index (χ0) is 27.4. The zero-order valence-electron chi connectivity index (χ0n) is 22.8. The van der Waals surface area contributed by atoms with E-state index in [-0.39, 0.29) is 11.3 Å². The third kappa shape index (κ3) is 5.99. The fourth-order valence-corrected chi connectivity index (χ4v) is 7.31. The molecule has 4 aromatic rings. The topological polar surface area (TPSA) is 56.4 Å². The maximum atomic E-state index is 13.2. The molecule has 1 aromatic heterocycles. The highest BCUT2D eigenvalue weighted by Crippen LogP contribution is 2.49. The minimum absolute atomic E-state index is 0.119. The van der Waals surface area contributed by atoms with Crippen LogP contribution in [-0.4, -0.2) is 31.4 Å². The van der Waals surface area contributed by atoms with Crippen LogP contribution in [0.2, 0.25) is 0 Å². The van der Waals surface area contributed by atoms with Gasteiger partial charge < -0.3 is 14.8 Å². The number of Topliss-reactive ketones (excluding diaryl/α,β-unsaturated/α-hetero) is 1. The van der Waals surface area contributed by atoms with Gasteiger partial charge in [-0.25, -0.2) is 0 Å². The fraction of sp³-hybridized carbons (Fsp3) is 0.312. The van der Waals surface area contributed by atoms with Crippen molar-refractivity contribution in [3.8, 4) is 0 Å². The standard InChI is InChI=1S/C32H35N3O2S2/c1-4-5-6-7-8-11-20-35-26-19-16-22-12-9-10-13-25(22)29(26)39-32(35)30-31(37)33-28(38-30)21-27(36)23-14-17-24(18-15-23)34(2)3/h9-10,12-19,21H,4-8,11,20H2,1-3H3,(H,33,37). The Morgan fingerprint density at radius 3 is 2.46 bits per heavy atom. The van der Waals surface area contributed by atoms with Crippen LogP contribution in [0.3, 0.4) is 0 Å². The van der Waals surface area contributed by atoms with Gasteiger partial charge in [0.25, 0.3) is 5.56 Å². The summed E-state index contributed by atoms with van der Waals surface area (Å²) in [5, 5.41) is 3.37. The van der Waals surface area contributed by atoms with E-state index < -0.39 is 0 Å². The molecule has 39 heavy (non-hydrogen) atoms. The van der Waals surface area contributed by atoms with Crippen molar-refractivity contribution in [1.82, 2.24) is 4.98 Å². The number of benzene rings is 3. The lowest BCUT2D eigenvalue weighted by molar-refractivity contribution is 0.106. The van der Waals surface area contributed by atoms with E-state index in [0.717, 1.165) is 29.4 Å². The molecule has 0 bridgehead atoms. The highest BCUT2D eigenvalue weighted by molar-refractivity contribution is 8.09. The van der Waals surface area contributed by atoms with Gasteiger partial charge in [0.05, 0.1) is 10.4 Å². The van der Waals surface area contributed by atoms with Crippen LogP contribution in [0, 0.1) is 0 Å². The van der Waals surface area contributed by atoms with Gasteiger partial charge >= 0.3 is 0 Å². The second-order valence-electron chi connectivity index (χ2n) is 10.2. The number of rotatable bonds is 10. The molecule has 0 saturated heterocycles. The summed E-state index contributed by atoms with van der Waals surface area (Å²) in [6, 6.07) is 20.3. The molecule has 0 atom stereocenters. The van der Waals surface area contributed by atoms with Crippen LogP contribution in [0.25, 0.3) is 21.9 Å². The number of carbonyl (C=O) groups is 1. The molecule has 0 radical (unpaired) electrons. The number of anilines is 2. The van der Waals surface area contributed by atoms with Crippen molar-refractivity contribution < 1.29 is 4.79 Å². The third-order valence-electron chi connectivity index (χ3n) is 7.11. The molecular weight excluding hydrogens is 523 g/mol. The number of thiazole rings is 1. The molecule has 5 rings (SSSR count). The van der Waals surface area contributed by atoms with E-state index in [2.05, 4.69) is 53.2 Å². The number of unbranched alkanes of at least 4 members (excludes halogenated alkanes) is 5. The summed E-state index contributed by atoms with van der Waals surface area (Å²) in [6.45, 7) is 3.11. The zero-order valence-corrected chi connectivity index (χ0v) is 24.5. The van der Waals surface area contributed by atoms with Crippen LogP contribution in [0.5, 0.6) is 0 Å². The van der Waals surface area contributed by atoms with Crippen molar-refractivity contribution >= 4 is 62.1 Å². The summed E-state index contributed by atoms with van der Waals surface area (Å²) in [5.41, 5.74) is 2.65. The van der Waals surface area contributed by atoms with Crippen molar-refractivity contribution in [3.05, 3.63) is 85.8 Å². The number of nitrogens with zero attached hydrogens (tertiary/aromatic N) is 2. The molecule has 0 fully saturated rings. The van der Waals surface area contributed by atoms with E-state index in [0.29, 0.717) is 14.8 Å². The number of aromatic amines is 1. The number of aromatic nitrogens is 1. The number of carbonyl (C=O) groups excluding carboxylic acids is 1. The monoisotopic (exact) mass is 557 g/mol. The first-order valence-corrected chi connectivity index (χ1v) is 15.3. The molecule has 1 aliphatic rings. The van der Waals surface area contributed by atoms with E-state index in [1.807, 2.05) is 43.3 Å². The summed E-state index contributed by atoms with van der Waals surface area (Å²) in [6.07, 6.45) is 8.84. The van der Waals surface area contributed by atoms with E-state index in [4.69, 9.17) is 0 Å². The quantitative estimate of drug-likeness (QED) is 0.182. The molecule has 202 valence electrons. The number of thioether (sulfide) groups is 1. The molecular formula is C32H35N3O2S2. The highest BCUT2D eigenvalue weighted by atomic mass is 32.2. The number of nitrogens with one attached hydrogen (secondary N) is 1. The Bertz CT molecular complexity index is 1650. The van der Waals surface area contributed by atoms with E-state index >= 15 is 0 Å². The first kappa shape index (κ1) is 27.3. The fourth-order valence-electron chi connectivity index (χ4n) is 4.94. The maximum absolute atomic E-state index is 13.2. The number of hydrogen-bond acceptors (Lipinski definition) is 6. The van der Waals surface area contributed by atoms with Crippen molar-refractivity contribution in [2.24, 2.45) is 0 Å². The van der Waals surface area contributed by atoms with Gasteiger partial charge in [0.15, 0.2) is 5.78 Å². The van der Waals surface area contributed by atoms with Crippen LogP contribution in [0.15, 0.2) is 70.4 Å². The number of H-pyrrole nitrogens is 1. The molecule has 1 aliphatic heterocycles. The molecule has 0 aliphatic carbocycles. The molecule has 5 nitrogen and oxygen atoms in total. The van der Waals surface area contributed by atoms with Crippen molar-refractivity contribution in [3.63, 3.8) is 0 Å². The average molecular weight is 558 g/mol. The predicted octanol–water partition coefficient (Wildman–Crippen LogP) is 6.36. The van der Waals surface area contributed by atoms with Crippen LogP contribution in [0.1, 0.15) is 55.8 Å². The molecule has 0 amide bonds. The van der Waals surface area contributed by atoms with Gasteiger partial charge in [-0.15, -0.1) is 11.3 Å². The lowest BCUT2D eigenvalue weighted by Crippen LogP contribution is -2.29. The number of ketones is 1. The summed E-state index contributed by atoms with van der Waals surface area (Å²) >= 11 is 3.04. The van der Waals surface area contributed by atoms with Crippen LogP contribution >= 0.6 is 23.1 Å². The van der Waals surface area contributed by atoms with Gasteiger partial charge in [-0.1, -0.05) is 81.1 Å². The van der Waals surface area contributed by atoms with E-state index in [1.54, 1.807) is 17.8 Å². The third-order valence-corrected chi connectivity index (χ3v) is 9.51. The van der Waals surface area contributed by atoms with Gasteiger partial charge in [-0.05, 0) is 47.5 Å². The SMILES string of the molecule is CCCCCCCCN1C(=c2sc(=CC(=O)c3ccc(N(C)C)cc3)[nH]c2=O)Sc2c1ccc1ccccc21. The minimum Gasteiger partial charge on any atom is -0.378 e. The molecule has 0 spiro atoms. The van der Waals surface area contributed by atoms with E-state index in [1.165, 1.54) is 59.1 Å². The van der Waals surface area contributed by atoms with Crippen molar-refractivity contribution in [2.75, 3.05) is 30.4 Å². The summed E-state index contributed by atoms with van der Waals surface area (Å²) in [5.74, 6) is -0.119. The summed E-state index contributed by atoms with van der Waals surface area (Å²) in [4.78, 5) is 34.7. The van der Waals surface area contributed by atoms with Gasteiger partial charge in [0.2, 0.25) is 0 Å². The maximum Gasteiger partial charge on any atom is 0.269 e. The molecule has 0 unspecified atom stereocenters. The largest absolute Gasteiger partial charge is 0.378 e. The van der Waals surface area contributed by atoms with E-state index in [9.17, 15) is 9.59 Å². The first-order valence-electron chi connectivity index (χ1n) is 13.7. The molecule has 0 saturated carbocycles. The smallest absolute Gasteiger partial charge is 0.269 e. The van der Waals surface area contributed by atoms with Gasteiger partial charge in [-0.3, -0.25) is 9.59 Å². The number of hydrogen-bond donors (Lipinski definition) is 1. The molecule has 2 heterocycles. The van der Waals surface area contributed by atoms with Crippen molar-refractivity contribution in [2.45, 2.75) is 50.3 Å². The predicted molar refractivity (Wildman–Crippen MR) is 168 cm³/mol. The van der Waals surface area contributed by atoms with Gasteiger partial charge in [0.1, 0.15) is 9.56 Å². The lowest BCUT2D eigenvalue weighted by Gasteiger charge is -2.20. The molecule has 1 N–H and O–H groups in total. The Kier molecular flexibility index (Phi) is 8.58. The molecule has 7 heteroatoms. The second-order valence-corrected chi connectivity index (χ2v) is 12.2. The van der Waals surface area contributed by atoms with Crippen LogP contribution < -0.4 is 24.6 Å². The summed E-state index contributed by atoms with van der Waals surface area (Å²) < 4.78 is 1.23. The normalized spacial score (nSPS) is 14.7. The van der Waals surface area contributed by atoms with Crippen LogP contribution in [-0.2, 0) is 0 Å². The Morgan fingerprint density at radius 2 is 1.69 bits per heavy atom. The molecule has 3 aromatic carbocycles. The Balaban J connectivity index is 1.50. The van der Waals surface area contributed by atoms with Gasteiger partial charge in [-0.2, -0.15) is 0 Å². The summed E-state index contributed by atoms with van der Waals surface area (Å²) in [7, 11) is 3.94. The minimum atomic E-state index is -0.144. The van der Waals surface area contributed by atoms with Crippen molar-refractivity contribution in [1.29, 1.82) is 0 Å². The Hall–Kier alpha value is -3.29. The Morgan fingerprint density at radius 1 is 0.949 bits per heavy atom. The highest BCUT2D eigenvalue weighted by Gasteiger charge is 2.28. The Labute approximate surface area is 237 Å². The lowest BCUT2D eigenvalue weighted by atomic mass is 10.1. The second kappa shape index (κ2) is 12.3. The first-order chi connectivity index (χ1) is 19.0. The van der Waals surface area contributed by atoms with Gasteiger partial charge in [0, 0.05) is 42.9 Å². The van der Waals surface area contributed by atoms with Crippen LogP contribution in [0.4, 0.5) is 11.4 Å². The average Bonchev–Trinajstić information content (AvgIpc) is 3.50. The number of fused-ring (bicyclic) bond motifs is 3.